The first-order valence-electron chi connectivity index (χ1n) is 8.43. The van der Waals surface area contributed by atoms with Crippen LogP contribution in [-0.2, 0) is 11.3 Å². The smallest absolute Gasteiger partial charge is 0.279 e. The third-order valence-electron chi connectivity index (χ3n) is 4.19. The van der Waals surface area contributed by atoms with E-state index in [0.29, 0.717) is 35.9 Å². The summed E-state index contributed by atoms with van der Waals surface area (Å²) in [6, 6.07) is 3.82. The molecule has 1 N–H and O–H groups in total. The van der Waals surface area contributed by atoms with Crippen molar-refractivity contribution in [1.29, 1.82) is 0 Å². The largest absolute Gasteiger partial charge is 0.376 e. The lowest BCUT2D eigenvalue weighted by atomic mass is 10.2. The van der Waals surface area contributed by atoms with Crippen molar-refractivity contribution in [2.75, 3.05) is 18.5 Å². The molecule has 0 aromatic carbocycles. The van der Waals surface area contributed by atoms with E-state index in [2.05, 4.69) is 20.3 Å². The first kappa shape index (κ1) is 16.2. The number of thiophene rings is 1. The Morgan fingerprint density at radius 1 is 1.44 bits per heavy atom. The quantitative estimate of drug-likeness (QED) is 0.756. The van der Waals surface area contributed by atoms with E-state index in [1.165, 1.54) is 11.3 Å². The lowest BCUT2D eigenvalue weighted by Gasteiger charge is -2.15. The minimum absolute atomic E-state index is 0.0389. The van der Waals surface area contributed by atoms with E-state index in [4.69, 9.17) is 4.74 Å². The number of nitrogens with zero attached hydrogens (tertiary/aromatic N) is 4. The van der Waals surface area contributed by atoms with Crippen LogP contribution in [0, 0.1) is 0 Å². The van der Waals surface area contributed by atoms with E-state index in [1.54, 1.807) is 10.8 Å². The number of ether oxygens (including phenoxy) is 1. The molecule has 25 heavy (non-hydrogen) atoms. The molecule has 1 saturated heterocycles. The average Bonchev–Trinajstić information content (AvgIpc) is 3.31. The first-order chi connectivity index (χ1) is 12.3. The van der Waals surface area contributed by atoms with Crippen molar-refractivity contribution in [1.82, 2.24) is 19.5 Å². The van der Waals surface area contributed by atoms with Crippen molar-refractivity contribution in [3.63, 3.8) is 0 Å². The Balaban J connectivity index is 1.89. The van der Waals surface area contributed by atoms with E-state index in [9.17, 15) is 4.79 Å². The molecule has 0 bridgehead atoms. The molecule has 8 heteroatoms. The van der Waals surface area contributed by atoms with E-state index >= 15 is 0 Å². The molecular weight excluding hydrogens is 338 g/mol. The maximum absolute atomic E-state index is 13.1. The van der Waals surface area contributed by atoms with Gasteiger partial charge in [0.1, 0.15) is 11.2 Å². The Bertz CT molecular complexity index is 932. The second kappa shape index (κ2) is 6.89. The Kier molecular flexibility index (Phi) is 4.46. The first-order valence-corrected chi connectivity index (χ1v) is 9.31. The highest BCUT2D eigenvalue weighted by molar-refractivity contribution is 7.13. The Morgan fingerprint density at radius 3 is 3.08 bits per heavy atom. The highest BCUT2D eigenvalue weighted by atomic mass is 32.1. The summed E-state index contributed by atoms with van der Waals surface area (Å²) in [5, 5.41) is 5.03. The molecule has 0 unspecified atom stereocenters. The fourth-order valence-electron chi connectivity index (χ4n) is 3.01. The molecule has 4 heterocycles. The molecule has 0 aliphatic carbocycles. The van der Waals surface area contributed by atoms with Crippen LogP contribution in [0.4, 0.5) is 5.95 Å². The number of hydrogen-bond acceptors (Lipinski definition) is 7. The molecule has 7 nitrogen and oxygen atoms in total. The fourth-order valence-corrected chi connectivity index (χ4v) is 3.72. The molecule has 1 aliphatic rings. The average molecular weight is 357 g/mol. The number of hydrogen-bond donors (Lipinski definition) is 1. The molecule has 1 fully saturated rings. The van der Waals surface area contributed by atoms with Crippen molar-refractivity contribution in [3.8, 4) is 10.6 Å². The highest BCUT2D eigenvalue weighted by Crippen LogP contribution is 2.23. The summed E-state index contributed by atoms with van der Waals surface area (Å²) in [5.74, 6) is 0.501. The third-order valence-corrected chi connectivity index (χ3v) is 5.06. The van der Waals surface area contributed by atoms with Gasteiger partial charge in [-0.3, -0.25) is 9.36 Å². The summed E-state index contributed by atoms with van der Waals surface area (Å²) in [6.07, 6.45) is 3.69. The predicted molar refractivity (Wildman–Crippen MR) is 98.0 cm³/mol. The maximum atomic E-state index is 13.1. The zero-order valence-electron chi connectivity index (χ0n) is 13.9. The minimum atomic E-state index is -0.133. The molecule has 0 amide bonds. The molecule has 1 atom stereocenters. The molecule has 1 aliphatic heterocycles. The van der Waals surface area contributed by atoms with E-state index in [0.717, 1.165) is 24.3 Å². The number of anilines is 1. The third kappa shape index (κ3) is 3.14. The van der Waals surface area contributed by atoms with Crippen molar-refractivity contribution in [2.45, 2.75) is 32.4 Å². The van der Waals surface area contributed by atoms with E-state index in [1.807, 2.05) is 24.4 Å². The van der Waals surface area contributed by atoms with Crippen LogP contribution in [0.3, 0.4) is 0 Å². The topological polar surface area (TPSA) is 81.9 Å². The van der Waals surface area contributed by atoms with Gasteiger partial charge in [-0.15, -0.1) is 11.3 Å². The summed E-state index contributed by atoms with van der Waals surface area (Å²) >= 11 is 1.50. The molecule has 3 aromatic heterocycles. The van der Waals surface area contributed by atoms with Gasteiger partial charge in [0, 0.05) is 13.2 Å². The fraction of sp³-hybridized carbons (Fsp3) is 0.412. The normalized spacial score (nSPS) is 17.2. The van der Waals surface area contributed by atoms with Gasteiger partial charge in [-0.05, 0) is 31.2 Å². The Morgan fingerprint density at radius 2 is 2.36 bits per heavy atom. The zero-order valence-corrected chi connectivity index (χ0v) is 14.8. The van der Waals surface area contributed by atoms with Crippen LogP contribution < -0.4 is 10.9 Å². The zero-order chi connectivity index (χ0) is 17.2. The SMILES string of the molecule is CCNc1ncc2nc(-c3cccs3)c(=O)n(C[C@H]3CCCO3)c2n1. The molecule has 0 radical (unpaired) electrons. The summed E-state index contributed by atoms with van der Waals surface area (Å²) in [7, 11) is 0. The lowest BCUT2D eigenvalue weighted by Crippen LogP contribution is -2.29. The number of nitrogens with one attached hydrogen (secondary N) is 1. The number of rotatable bonds is 5. The Hall–Kier alpha value is -2.32. The van der Waals surface area contributed by atoms with Crippen LogP contribution in [0.25, 0.3) is 21.7 Å². The van der Waals surface area contributed by atoms with Gasteiger partial charge in [-0.2, -0.15) is 4.98 Å². The second-order valence-electron chi connectivity index (χ2n) is 5.92. The molecule has 4 rings (SSSR count). The standard InChI is InChI=1S/C17H19N5O2S/c1-2-18-17-19-9-12-15(21-17)22(10-11-5-3-7-24-11)16(23)14(20-12)13-6-4-8-25-13/h4,6,8-9,11H,2-3,5,7,10H2,1H3,(H,18,19,21)/t11-/m1/s1. The second-order valence-corrected chi connectivity index (χ2v) is 6.87. The monoisotopic (exact) mass is 357 g/mol. The molecule has 0 spiro atoms. The van der Waals surface area contributed by atoms with Gasteiger partial charge in [-0.25, -0.2) is 9.97 Å². The van der Waals surface area contributed by atoms with Crippen molar-refractivity contribution in [2.24, 2.45) is 0 Å². The number of fused-ring (bicyclic) bond motifs is 1. The molecule has 3 aromatic rings. The van der Waals surface area contributed by atoms with E-state index in [-0.39, 0.29) is 11.7 Å². The van der Waals surface area contributed by atoms with Crippen LogP contribution in [0.1, 0.15) is 19.8 Å². The van der Waals surface area contributed by atoms with Gasteiger partial charge >= 0.3 is 0 Å². The van der Waals surface area contributed by atoms with Crippen LogP contribution in [0.5, 0.6) is 0 Å². The van der Waals surface area contributed by atoms with Gasteiger partial charge in [-0.1, -0.05) is 6.07 Å². The van der Waals surface area contributed by atoms with Crippen LogP contribution in [0.15, 0.2) is 28.5 Å². The van der Waals surface area contributed by atoms with Crippen molar-refractivity contribution >= 4 is 28.4 Å². The van der Waals surface area contributed by atoms with Crippen LogP contribution in [0.2, 0.25) is 0 Å². The van der Waals surface area contributed by atoms with Gasteiger partial charge in [0.2, 0.25) is 5.95 Å². The highest BCUT2D eigenvalue weighted by Gasteiger charge is 2.21. The van der Waals surface area contributed by atoms with Crippen molar-refractivity contribution < 1.29 is 4.74 Å². The summed E-state index contributed by atoms with van der Waals surface area (Å²) < 4.78 is 7.42. The van der Waals surface area contributed by atoms with Crippen LogP contribution in [-0.4, -0.2) is 38.8 Å². The molecule has 130 valence electrons. The Labute approximate surface area is 148 Å². The van der Waals surface area contributed by atoms with Gasteiger partial charge in [0.25, 0.3) is 5.56 Å². The van der Waals surface area contributed by atoms with Gasteiger partial charge in [0.05, 0.1) is 23.7 Å². The molecule has 0 saturated carbocycles. The summed E-state index contributed by atoms with van der Waals surface area (Å²) in [6.45, 7) is 3.92. The van der Waals surface area contributed by atoms with Gasteiger partial charge < -0.3 is 10.1 Å². The summed E-state index contributed by atoms with van der Waals surface area (Å²) in [4.78, 5) is 27.3. The lowest BCUT2D eigenvalue weighted by molar-refractivity contribution is 0.0971. The van der Waals surface area contributed by atoms with Crippen molar-refractivity contribution in [3.05, 3.63) is 34.1 Å². The van der Waals surface area contributed by atoms with Crippen LogP contribution >= 0.6 is 11.3 Å². The minimum Gasteiger partial charge on any atom is -0.376 e. The summed E-state index contributed by atoms with van der Waals surface area (Å²) in [5.41, 5.74) is 1.47. The van der Waals surface area contributed by atoms with E-state index < -0.39 is 0 Å². The predicted octanol–water partition coefficient (Wildman–Crippen LogP) is 2.53. The van der Waals surface area contributed by atoms with Gasteiger partial charge in [0.15, 0.2) is 5.65 Å². The molecular formula is C17H19N5O2S. The maximum Gasteiger partial charge on any atom is 0.279 e. The number of aromatic nitrogens is 4.